The van der Waals surface area contributed by atoms with E-state index in [9.17, 15) is 9.18 Å². The van der Waals surface area contributed by atoms with Crippen LogP contribution in [0.25, 0.3) is 6.08 Å². The molecule has 0 bridgehead atoms. The number of thioether (sulfide) groups is 1. The molecule has 1 aliphatic rings. The molecule has 2 heterocycles. The maximum Gasteiger partial charge on any atom is 0.267 e. The molecule has 1 aliphatic heterocycles. The third kappa shape index (κ3) is 4.77. The summed E-state index contributed by atoms with van der Waals surface area (Å²) in [7, 11) is 0. The first-order valence-electron chi connectivity index (χ1n) is 8.95. The number of amides is 1. The van der Waals surface area contributed by atoms with Crippen LogP contribution in [0.5, 0.6) is 0 Å². The predicted molar refractivity (Wildman–Crippen MR) is 120 cm³/mol. The molecule has 8 heteroatoms. The van der Waals surface area contributed by atoms with Gasteiger partial charge in [0.05, 0.1) is 23.9 Å². The lowest BCUT2D eigenvalue weighted by Crippen LogP contribution is -2.28. The second kappa shape index (κ2) is 9.23. The largest absolute Gasteiger partial charge is 0.467 e. The molecular formula is C22H15BrFN3O2S. The Hall–Kier alpha value is -2.97. The number of amidine groups is 1. The summed E-state index contributed by atoms with van der Waals surface area (Å²) >= 11 is 4.62. The van der Waals surface area contributed by atoms with Crippen LogP contribution in [-0.2, 0) is 11.3 Å². The van der Waals surface area contributed by atoms with Crippen LogP contribution >= 0.6 is 27.7 Å². The molecule has 0 unspecified atom stereocenters. The fraction of sp³-hybridized carbons (Fsp3) is 0.0455. The first kappa shape index (κ1) is 20.3. The standard InChI is InChI=1S/C22H15BrFN3O2S/c23-17-9-7-15(8-10-17)12-20-21(28)27(14-18-5-3-11-29-18)22(30-20)26-25-13-16-4-1-2-6-19(16)24/h1-13H,14H2/b20-12-,25-13-,26-22+. The number of carbonyl (C=O) groups excluding carboxylic acids is 1. The average Bonchev–Trinajstić information content (AvgIpc) is 3.35. The molecule has 0 spiro atoms. The summed E-state index contributed by atoms with van der Waals surface area (Å²) in [5.41, 5.74) is 1.21. The van der Waals surface area contributed by atoms with Gasteiger partial charge in [0.1, 0.15) is 11.6 Å². The van der Waals surface area contributed by atoms with Crippen molar-refractivity contribution in [2.45, 2.75) is 6.54 Å². The zero-order valence-electron chi connectivity index (χ0n) is 15.5. The molecule has 0 N–H and O–H groups in total. The summed E-state index contributed by atoms with van der Waals surface area (Å²) < 4.78 is 20.1. The Morgan fingerprint density at radius 3 is 2.63 bits per heavy atom. The maximum atomic E-state index is 13.8. The lowest BCUT2D eigenvalue weighted by molar-refractivity contribution is -0.122. The van der Waals surface area contributed by atoms with Crippen LogP contribution in [0.15, 0.2) is 90.9 Å². The Kier molecular flexibility index (Phi) is 6.25. The minimum absolute atomic E-state index is 0.195. The van der Waals surface area contributed by atoms with Crippen molar-refractivity contribution < 1.29 is 13.6 Å². The number of furan rings is 1. The zero-order chi connectivity index (χ0) is 20.9. The van der Waals surface area contributed by atoms with Gasteiger partial charge in [0.2, 0.25) is 0 Å². The fourth-order valence-electron chi connectivity index (χ4n) is 2.71. The minimum atomic E-state index is -0.389. The predicted octanol–water partition coefficient (Wildman–Crippen LogP) is 5.69. The molecule has 2 aromatic carbocycles. The second-order valence-electron chi connectivity index (χ2n) is 6.28. The normalized spacial score (nSPS) is 17.0. The molecular weight excluding hydrogens is 469 g/mol. The van der Waals surface area contributed by atoms with Gasteiger partial charge in [-0.05, 0) is 53.7 Å². The van der Waals surface area contributed by atoms with Gasteiger partial charge in [0.15, 0.2) is 5.17 Å². The number of hydrogen-bond donors (Lipinski definition) is 0. The first-order valence-corrected chi connectivity index (χ1v) is 10.6. The summed E-state index contributed by atoms with van der Waals surface area (Å²) in [4.78, 5) is 15.0. The van der Waals surface area contributed by atoms with E-state index in [1.165, 1.54) is 28.9 Å². The van der Waals surface area contributed by atoms with Crippen LogP contribution in [0, 0.1) is 5.82 Å². The number of nitrogens with zero attached hydrogens (tertiary/aromatic N) is 3. The van der Waals surface area contributed by atoms with Crippen LogP contribution < -0.4 is 0 Å². The van der Waals surface area contributed by atoms with Crippen LogP contribution in [0.1, 0.15) is 16.9 Å². The molecule has 1 amide bonds. The second-order valence-corrected chi connectivity index (χ2v) is 8.21. The van der Waals surface area contributed by atoms with Gasteiger partial charge in [0.25, 0.3) is 5.91 Å². The molecule has 3 aromatic rings. The van der Waals surface area contributed by atoms with Gasteiger partial charge >= 0.3 is 0 Å². The van der Waals surface area contributed by atoms with Crippen molar-refractivity contribution in [1.82, 2.24) is 4.90 Å². The highest BCUT2D eigenvalue weighted by atomic mass is 79.9. The van der Waals surface area contributed by atoms with Crippen molar-refractivity contribution in [3.8, 4) is 0 Å². The summed E-state index contributed by atoms with van der Waals surface area (Å²) in [6.45, 7) is 0.227. The smallest absolute Gasteiger partial charge is 0.267 e. The highest BCUT2D eigenvalue weighted by Gasteiger charge is 2.34. The van der Waals surface area contributed by atoms with Crippen molar-refractivity contribution in [3.63, 3.8) is 0 Å². The van der Waals surface area contributed by atoms with Gasteiger partial charge in [-0.1, -0.05) is 46.3 Å². The quantitative estimate of drug-likeness (QED) is 0.266. The minimum Gasteiger partial charge on any atom is -0.467 e. The van der Waals surface area contributed by atoms with E-state index in [0.717, 1.165) is 10.0 Å². The number of carbonyl (C=O) groups is 1. The number of benzene rings is 2. The third-order valence-electron chi connectivity index (χ3n) is 4.20. The Labute approximate surface area is 185 Å². The summed E-state index contributed by atoms with van der Waals surface area (Å²) in [5, 5.41) is 8.57. The van der Waals surface area contributed by atoms with E-state index in [1.54, 1.807) is 42.7 Å². The number of hydrogen-bond acceptors (Lipinski definition) is 5. The monoisotopic (exact) mass is 483 g/mol. The highest BCUT2D eigenvalue weighted by molar-refractivity contribution is 9.10. The van der Waals surface area contributed by atoms with Crippen molar-refractivity contribution in [1.29, 1.82) is 0 Å². The van der Waals surface area contributed by atoms with Gasteiger partial charge in [-0.25, -0.2) is 4.39 Å². The van der Waals surface area contributed by atoms with Gasteiger partial charge in [-0.15, -0.1) is 5.10 Å². The molecule has 1 aromatic heterocycles. The topological polar surface area (TPSA) is 58.2 Å². The molecule has 5 nitrogen and oxygen atoms in total. The van der Waals surface area contributed by atoms with Crippen LogP contribution in [0.4, 0.5) is 4.39 Å². The summed E-state index contributed by atoms with van der Waals surface area (Å²) in [5.74, 6) is 0.0404. The Morgan fingerprint density at radius 1 is 1.10 bits per heavy atom. The molecule has 0 radical (unpaired) electrons. The molecule has 1 fully saturated rings. The average molecular weight is 484 g/mol. The first-order chi connectivity index (χ1) is 14.6. The van der Waals surface area contributed by atoms with Crippen molar-refractivity contribution in [3.05, 3.63) is 99.0 Å². The molecule has 4 rings (SSSR count). The molecule has 1 saturated heterocycles. The number of halogens is 2. The van der Waals surface area contributed by atoms with Gasteiger partial charge in [0, 0.05) is 10.0 Å². The molecule has 0 aliphatic carbocycles. The lowest BCUT2D eigenvalue weighted by Gasteiger charge is -2.12. The molecule has 150 valence electrons. The van der Waals surface area contributed by atoms with Gasteiger partial charge in [-0.2, -0.15) is 5.10 Å². The Balaban J connectivity index is 1.62. The summed E-state index contributed by atoms with van der Waals surface area (Å²) in [6.07, 6.45) is 4.68. The van der Waals surface area contributed by atoms with E-state index in [4.69, 9.17) is 4.42 Å². The van der Waals surface area contributed by atoms with Crippen molar-refractivity contribution in [2.75, 3.05) is 0 Å². The third-order valence-corrected chi connectivity index (χ3v) is 5.72. The SMILES string of the molecule is O=C1/C(=C/c2ccc(Br)cc2)S/C(=N/N=C\c2ccccc2F)N1Cc1ccco1. The van der Waals surface area contributed by atoms with E-state index < -0.39 is 0 Å². The Bertz CT molecular complexity index is 1140. The molecule has 30 heavy (non-hydrogen) atoms. The highest BCUT2D eigenvalue weighted by Crippen LogP contribution is 2.34. The maximum absolute atomic E-state index is 13.8. The van der Waals surface area contributed by atoms with E-state index in [2.05, 4.69) is 26.1 Å². The van der Waals surface area contributed by atoms with Crippen molar-refractivity contribution in [2.24, 2.45) is 10.2 Å². The van der Waals surface area contributed by atoms with E-state index >= 15 is 0 Å². The van der Waals surface area contributed by atoms with Crippen LogP contribution in [0.3, 0.4) is 0 Å². The zero-order valence-corrected chi connectivity index (χ0v) is 17.9. The van der Waals surface area contributed by atoms with E-state index in [0.29, 0.717) is 21.4 Å². The lowest BCUT2D eigenvalue weighted by atomic mass is 10.2. The van der Waals surface area contributed by atoms with E-state index in [-0.39, 0.29) is 18.3 Å². The number of rotatable bonds is 5. The van der Waals surface area contributed by atoms with Crippen molar-refractivity contribution >= 4 is 51.1 Å². The van der Waals surface area contributed by atoms with E-state index in [1.807, 2.05) is 24.3 Å². The molecule has 0 saturated carbocycles. The molecule has 0 atom stereocenters. The van der Waals surface area contributed by atoms with Gasteiger partial charge in [-0.3, -0.25) is 9.69 Å². The van der Waals surface area contributed by atoms with Gasteiger partial charge < -0.3 is 4.42 Å². The van der Waals surface area contributed by atoms with Crippen LogP contribution in [0.2, 0.25) is 0 Å². The fourth-order valence-corrected chi connectivity index (χ4v) is 3.91. The van der Waals surface area contributed by atoms with Crippen LogP contribution in [-0.4, -0.2) is 22.2 Å². The Morgan fingerprint density at radius 2 is 1.90 bits per heavy atom. The summed E-state index contributed by atoms with van der Waals surface area (Å²) in [6, 6.07) is 17.5.